The summed E-state index contributed by atoms with van der Waals surface area (Å²) in [4.78, 5) is 10.5. The summed E-state index contributed by atoms with van der Waals surface area (Å²) in [5.41, 5.74) is 1.75. The van der Waals surface area contributed by atoms with Gasteiger partial charge in [0.25, 0.3) is 0 Å². The molecule has 2 N–H and O–H groups in total. The molecule has 1 rings (SSSR count). The summed E-state index contributed by atoms with van der Waals surface area (Å²) in [5.74, 6) is -0.309. The fourth-order valence-corrected chi connectivity index (χ4v) is 2.57. The van der Waals surface area contributed by atoms with E-state index in [4.69, 9.17) is 9.84 Å². The smallest absolute Gasteiger partial charge is 0.303 e. The highest BCUT2D eigenvalue weighted by molar-refractivity contribution is 9.10. The largest absolute Gasteiger partial charge is 0.504 e. The number of phenols is 1. The average molecular weight is 317 g/mol. The van der Waals surface area contributed by atoms with Crippen molar-refractivity contribution in [3.63, 3.8) is 0 Å². The summed E-state index contributed by atoms with van der Waals surface area (Å²) in [6.07, 6.45) is 1.88. The van der Waals surface area contributed by atoms with Gasteiger partial charge in [0.1, 0.15) is 0 Å². The molecule has 0 unspecified atom stereocenters. The zero-order valence-electron chi connectivity index (χ0n) is 10.5. The van der Waals surface area contributed by atoms with E-state index in [1.807, 2.05) is 6.92 Å². The maximum absolute atomic E-state index is 10.5. The summed E-state index contributed by atoms with van der Waals surface area (Å²) in [7, 11) is 1.50. The first-order chi connectivity index (χ1) is 8.51. The molecule has 0 saturated carbocycles. The van der Waals surface area contributed by atoms with Crippen LogP contribution in [0.15, 0.2) is 10.5 Å². The summed E-state index contributed by atoms with van der Waals surface area (Å²) >= 11 is 3.46. The van der Waals surface area contributed by atoms with Crippen LogP contribution in [0.5, 0.6) is 11.5 Å². The van der Waals surface area contributed by atoms with Gasteiger partial charge in [-0.2, -0.15) is 0 Å². The van der Waals surface area contributed by atoms with Gasteiger partial charge in [0, 0.05) is 16.5 Å². The second-order valence-electron chi connectivity index (χ2n) is 3.98. The van der Waals surface area contributed by atoms with Crippen LogP contribution < -0.4 is 4.74 Å². The second kappa shape index (κ2) is 6.64. The lowest BCUT2D eigenvalue weighted by atomic mass is 10.0. The third kappa shape index (κ3) is 3.38. The molecule has 0 radical (unpaired) electrons. The van der Waals surface area contributed by atoms with E-state index in [9.17, 15) is 9.90 Å². The summed E-state index contributed by atoms with van der Waals surface area (Å²) in [5, 5.41) is 18.7. The van der Waals surface area contributed by atoms with Gasteiger partial charge in [-0.3, -0.25) is 4.79 Å². The van der Waals surface area contributed by atoms with Gasteiger partial charge >= 0.3 is 5.97 Å². The van der Waals surface area contributed by atoms with E-state index < -0.39 is 5.97 Å². The lowest BCUT2D eigenvalue weighted by molar-refractivity contribution is -0.137. The molecule has 1 aromatic carbocycles. The van der Waals surface area contributed by atoms with Crippen LogP contribution in [-0.2, 0) is 17.6 Å². The Hall–Kier alpha value is -1.23. The zero-order chi connectivity index (χ0) is 13.7. The SMILES string of the molecule is CCc1cc(OC)c(O)c(CCCC(=O)O)c1Br. The van der Waals surface area contributed by atoms with Crippen molar-refractivity contribution in [3.05, 3.63) is 21.7 Å². The molecule has 0 aromatic heterocycles. The molecule has 0 amide bonds. The Morgan fingerprint density at radius 3 is 2.67 bits per heavy atom. The number of benzene rings is 1. The fraction of sp³-hybridized carbons (Fsp3) is 0.462. The Morgan fingerprint density at radius 1 is 1.50 bits per heavy atom. The molecule has 0 fully saturated rings. The van der Waals surface area contributed by atoms with Gasteiger partial charge in [-0.25, -0.2) is 0 Å². The molecule has 0 spiro atoms. The zero-order valence-corrected chi connectivity index (χ0v) is 12.1. The second-order valence-corrected chi connectivity index (χ2v) is 4.77. The highest BCUT2D eigenvalue weighted by Gasteiger charge is 2.16. The standard InChI is InChI=1S/C13H17BrO4/c1-3-8-7-10(18-2)13(17)9(12(8)14)5-4-6-11(15)16/h7,17H,3-6H2,1-2H3,(H,15,16). The molecular formula is C13H17BrO4. The van der Waals surface area contributed by atoms with Crippen LogP contribution in [0.4, 0.5) is 0 Å². The Bertz CT molecular complexity index is 415. The molecule has 18 heavy (non-hydrogen) atoms. The van der Waals surface area contributed by atoms with Gasteiger partial charge in [0.15, 0.2) is 11.5 Å². The number of methoxy groups -OCH3 is 1. The normalized spacial score (nSPS) is 10.4. The van der Waals surface area contributed by atoms with Crippen molar-refractivity contribution in [1.82, 2.24) is 0 Å². The number of hydrogen-bond acceptors (Lipinski definition) is 3. The Labute approximate surface area is 115 Å². The number of ether oxygens (including phenoxy) is 1. The average Bonchev–Trinajstić information content (AvgIpc) is 2.33. The van der Waals surface area contributed by atoms with Gasteiger partial charge in [0.2, 0.25) is 0 Å². The highest BCUT2D eigenvalue weighted by Crippen LogP contribution is 2.39. The molecule has 0 bridgehead atoms. The molecule has 0 saturated heterocycles. The molecular weight excluding hydrogens is 300 g/mol. The van der Waals surface area contributed by atoms with Crippen molar-refractivity contribution in [2.45, 2.75) is 32.6 Å². The van der Waals surface area contributed by atoms with Crippen molar-refractivity contribution in [2.24, 2.45) is 0 Å². The third-order valence-electron chi connectivity index (χ3n) is 2.79. The van der Waals surface area contributed by atoms with Crippen LogP contribution in [0, 0.1) is 0 Å². The predicted molar refractivity (Wildman–Crippen MR) is 72.3 cm³/mol. The Kier molecular flexibility index (Phi) is 5.47. The minimum atomic E-state index is -0.829. The van der Waals surface area contributed by atoms with Crippen LogP contribution in [-0.4, -0.2) is 23.3 Å². The number of phenolic OH excluding ortho intramolecular Hbond substituents is 1. The van der Waals surface area contributed by atoms with Gasteiger partial charge in [-0.15, -0.1) is 0 Å². The first kappa shape index (κ1) is 14.8. The van der Waals surface area contributed by atoms with Gasteiger partial charge in [-0.05, 0) is 30.9 Å². The van der Waals surface area contributed by atoms with Crippen molar-refractivity contribution in [1.29, 1.82) is 0 Å². The highest BCUT2D eigenvalue weighted by atomic mass is 79.9. The lowest BCUT2D eigenvalue weighted by Gasteiger charge is -2.14. The van der Waals surface area contributed by atoms with E-state index in [1.54, 1.807) is 6.07 Å². The molecule has 4 nitrogen and oxygen atoms in total. The van der Waals surface area contributed by atoms with Gasteiger partial charge < -0.3 is 14.9 Å². The minimum absolute atomic E-state index is 0.0878. The number of carbonyl (C=O) groups is 1. The molecule has 0 atom stereocenters. The number of aryl methyl sites for hydroxylation is 1. The van der Waals surface area contributed by atoms with Crippen molar-refractivity contribution in [3.8, 4) is 11.5 Å². The van der Waals surface area contributed by atoms with Crippen LogP contribution in [0.2, 0.25) is 0 Å². The number of aliphatic carboxylic acids is 1. The van der Waals surface area contributed by atoms with E-state index >= 15 is 0 Å². The number of rotatable bonds is 6. The molecule has 0 aliphatic rings. The fourth-order valence-electron chi connectivity index (χ4n) is 1.79. The van der Waals surface area contributed by atoms with Crippen molar-refractivity contribution < 1.29 is 19.7 Å². The summed E-state index contributed by atoms with van der Waals surface area (Å²) in [6, 6.07) is 1.79. The van der Waals surface area contributed by atoms with Crippen LogP contribution in [0.25, 0.3) is 0 Å². The molecule has 0 aliphatic carbocycles. The molecule has 1 aromatic rings. The van der Waals surface area contributed by atoms with Crippen LogP contribution in [0.1, 0.15) is 30.9 Å². The maximum atomic E-state index is 10.5. The minimum Gasteiger partial charge on any atom is -0.504 e. The van der Waals surface area contributed by atoms with Crippen molar-refractivity contribution in [2.75, 3.05) is 7.11 Å². The maximum Gasteiger partial charge on any atom is 0.303 e. The first-order valence-electron chi connectivity index (χ1n) is 5.80. The number of halogens is 1. The van der Waals surface area contributed by atoms with E-state index in [0.717, 1.165) is 16.5 Å². The van der Waals surface area contributed by atoms with Crippen LogP contribution >= 0.6 is 15.9 Å². The molecule has 100 valence electrons. The Morgan fingerprint density at radius 2 is 2.17 bits per heavy atom. The van der Waals surface area contributed by atoms with Gasteiger partial charge in [-0.1, -0.05) is 22.9 Å². The number of hydrogen-bond donors (Lipinski definition) is 2. The summed E-state index contributed by atoms with van der Waals surface area (Å²) < 4.78 is 5.96. The van der Waals surface area contributed by atoms with Crippen molar-refractivity contribution >= 4 is 21.9 Å². The predicted octanol–water partition coefficient (Wildman–Crippen LogP) is 3.13. The molecule has 0 heterocycles. The summed E-state index contributed by atoms with van der Waals surface area (Å²) in [6.45, 7) is 2.01. The number of aromatic hydroxyl groups is 1. The number of carboxylic acid groups (broad SMARTS) is 1. The topological polar surface area (TPSA) is 66.8 Å². The quantitative estimate of drug-likeness (QED) is 0.846. The molecule has 0 aliphatic heterocycles. The third-order valence-corrected chi connectivity index (χ3v) is 3.78. The number of carboxylic acids is 1. The van der Waals surface area contributed by atoms with E-state index in [0.29, 0.717) is 24.2 Å². The Balaban J connectivity index is 3.03. The van der Waals surface area contributed by atoms with E-state index in [-0.39, 0.29) is 12.2 Å². The van der Waals surface area contributed by atoms with E-state index in [1.165, 1.54) is 7.11 Å². The first-order valence-corrected chi connectivity index (χ1v) is 6.59. The van der Waals surface area contributed by atoms with Crippen LogP contribution in [0.3, 0.4) is 0 Å². The van der Waals surface area contributed by atoms with E-state index in [2.05, 4.69) is 15.9 Å². The lowest BCUT2D eigenvalue weighted by Crippen LogP contribution is -1.99. The molecule has 5 heteroatoms. The van der Waals surface area contributed by atoms with Gasteiger partial charge in [0.05, 0.1) is 7.11 Å². The monoisotopic (exact) mass is 316 g/mol.